The number of anilines is 1. The highest BCUT2D eigenvalue weighted by Crippen LogP contribution is 2.25. The molecule has 17 heavy (non-hydrogen) atoms. The quantitative estimate of drug-likeness (QED) is 0.826. The summed E-state index contributed by atoms with van der Waals surface area (Å²) >= 11 is 0. The van der Waals surface area contributed by atoms with Gasteiger partial charge in [-0.1, -0.05) is 6.07 Å². The van der Waals surface area contributed by atoms with Crippen molar-refractivity contribution in [3.63, 3.8) is 0 Å². The molecule has 0 spiro atoms. The van der Waals surface area contributed by atoms with Crippen LogP contribution in [-0.4, -0.2) is 31.3 Å². The lowest BCUT2D eigenvalue weighted by Gasteiger charge is -2.25. The van der Waals surface area contributed by atoms with Crippen molar-refractivity contribution in [1.82, 2.24) is 0 Å². The number of hydrogen-bond acceptors (Lipinski definition) is 3. The van der Waals surface area contributed by atoms with Crippen molar-refractivity contribution in [3.8, 4) is 0 Å². The van der Waals surface area contributed by atoms with E-state index in [0.29, 0.717) is 6.54 Å². The van der Waals surface area contributed by atoms with Crippen molar-refractivity contribution >= 4 is 5.69 Å². The molecule has 0 radical (unpaired) electrons. The largest absolute Gasteiger partial charge is 0.395 e. The Labute approximate surface area is 103 Å². The van der Waals surface area contributed by atoms with Crippen LogP contribution in [0.3, 0.4) is 0 Å². The summed E-state index contributed by atoms with van der Waals surface area (Å²) in [4.78, 5) is 2.12. The van der Waals surface area contributed by atoms with Crippen molar-refractivity contribution in [2.75, 3.05) is 25.1 Å². The molecule has 3 heteroatoms. The maximum atomic E-state index is 8.97. The van der Waals surface area contributed by atoms with Crippen LogP contribution in [0, 0.1) is 0 Å². The topological polar surface area (TPSA) is 49.5 Å². The van der Waals surface area contributed by atoms with Crippen molar-refractivity contribution in [2.45, 2.75) is 31.7 Å². The van der Waals surface area contributed by atoms with Gasteiger partial charge in [-0.3, -0.25) is 0 Å². The Bertz CT molecular complexity index is 378. The van der Waals surface area contributed by atoms with Crippen molar-refractivity contribution in [1.29, 1.82) is 0 Å². The number of nitrogens with zero attached hydrogens (tertiary/aromatic N) is 1. The summed E-state index contributed by atoms with van der Waals surface area (Å²) < 4.78 is 0. The van der Waals surface area contributed by atoms with E-state index < -0.39 is 0 Å². The van der Waals surface area contributed by atoms with Crippen molar-refractivity contribution in [3.05, 3.63) is 29.3 Å². The average Bonchev–Trinajstić information content (AvgIpc) is 2.38. The summed E-state index contributed by atoms with van der Waals surface area (Å²) in [6.45, 7) is 0.727. The number of aliphatic hydroxyl groups is 1. The van der Waals surface area contributed by atoms with Gasteiger partial charge in [0.1, 0.15) is 0 Å². The number of nitrogens with two attached hydrogens (primary N) is 1. The van der Waals surface area contributed by atoms with Gasteiger partial charge in [0.2, 0.25) is 0 Å². The predicted molar refractivity (Wildman–Crippen MR) is 71.4 cm³/mol. The maximum Gasteiger partial charge on any atom is 0.0599 e. The van der Waals surface area contributed by atoms with E-state index in [1.807, 2.05) is 7.05 Å². The zero-order chi connectivity index (χ0) is 12.3. The Hall–Kier alpha value is -1.06. The molecule has 2 rings (SSSR count). The Morgan fingerprint density at radius 3 is 2.71 bits per heavy atom. The molecule has 0 amide bonds. The molecule has 3 nitrogen and oxygen atoms in total. The Morgan fingerprint density at radius 1 is 1.29 bits per heavy atom. The summed E-state index contributed by atoms with van der Waals surface area (Å²) in [6.07, 6.45) is 5.03. The number of rotatable bonds is 4. The lowest BCUT2D eigenvalue weighted by atomic mass is 9.91. The third kappa shape index (κ3) is 2.99. The smallest absolute Gasteiger partial charge is 0.0599 e. The number of benzene rings is 1. The third-order valence-electron chi connectivity index (χ3n) is 3.52. The van der Waals surface area contributed by atoms with Crippen LogP contribution in [0.1, 0.15) is 24.0 Å². The Kier molecular flexibility index (Phi) is 4.02. The van der Waals surface area contributed by atoms with Gasteiger partial charge in [0.15, 0.2) is 0 Å². The average molecular weight is 234 g/mol. The molecule has 0 aliphatic heterocycles. The molecule has 1 unspecified atom stereocenters. The van der Waals surface area contributed by atoms with Gasteiger partial charge in [-0.25, -0.2) is 0 Å². The minimum absolute atomic E-state index is 0.0370. The molecular weight excluding hydrogens is 212 g/mol. The zero-order valence-corrected chi connectivity index (χ0v) is 10.5. The van der Waals surface area contributed by atoms with Gasteiger partial charge in [0, 0.05) is 25.3 Å². The second kappa shape index (κ2) is 5.52. The summed E-state index contributed by atoms with van der Waals surface area (Å²) in [7, 11) is 2.03. The molecule has 0 aromatic heterocycles. The fourth-order valence-electron chi connectivity index (χ4n) is 2.47. The predicted octanol–water partition coefficient (Wildman–Crippen LogP) is 1.32. The standard InChI is InChI=1S/C14H22N2O/c1-16(9-13(15)10-17)14-7-6-11-4-2-3-5-12(11)8-14/h6-8,13,17H,2-5,9-10,15H2,1H3. The molecular formula is C14H22N2O. The van der Waals surface area contributed by atoms with E-state index in [4.69, 9.17) is 10.8 Å². The van der Waals surface area contributed by atoms with Crippen LogP contribution in [-0.2, 0) is 12.8 Å². The van der Waals surface area contributed by atoms with Crippen LogP contribution < -0.4 is 10.6 Å². The number of fused-ring (bicyclic) bond motifs is 1. The molecule has 0 heterocycles. The lowest BCUT2D eigenvalue weighted by Crippen LogP contribution is -2.37. The molecule has 1 aromatic rings. The first-order valence-electron chi connectivity index (χ1n) is 6.40. The first-order valence-corrected chi connectivity index (χ1v) is 6.40. The molecule has 0 saturated heterocycles. The summed E-state index contributed by atoms with van der Waals surface area (Å²) in [5.74, 6) is 0. The molecule has 0 bridgehead atoms. The van der Waals surface area contributed by atoms with Crippen LogP contribution in [0.25, 0.3) is 0 Å². The van der Waals surface area contributed by atoms with E-state index >= 15 is 0 Å². The fraction of sp³-hybridized carbons (Fsp3) is 0.571. The molecule has 3 N–H and O–H groups in total. The monoisotopic (exact) mass is 234 g/mol. The molecule has 94 valence electrons. The van der Waals surface area contributed by atoms with E-state index in [0.717, 1.165) is 0 Å². The second-order valence-electron chi connectivity index (χ2n) is 4.98. The minimum atomic E-state index is -0.170. The van der Waals surface area contributed by atoms with Gasteiger partial charge >= 0.3 is 0 Å². The van der Waals surface area contributed by atoms with E-state index in [9.17, 15) is 0 Å². The van der Waals surface area contributed by atoms with Gasteiger partial charge in [-0.05, 0) is 48.9 Å². The van der Waals surface area contributed by atoms with Crippen molar-refractivity contribution in [2.24, 2.45) is 5.73 Å². The van der Waals surface area contributed by atoms with Crippen LogP contribution in [0.5, 0.6) is 0 Å². The highest BCUT2D eigenvalue weighted by Gasteiger charge is 2.12. The van der Waals surface area contributed by atoms with Crippen LogP contribution >= 0.6 is 0 Å². The number of hydrogen-bond donors (Lipinski definition) is 2. The molecule has 1 aliphatic carbocycles. The molecule has 1 aromatic carbocycles. The Balaban J connectivity index is 2.10. The highest BCUT2D eigenvalue weighted by atomic mass is 16.3. The fourth-order valence-corrected chi connectivity index (χ4v) is 2.47. The van der Waals surface area contributed by atoms with Gasteiger partial charge in [0.05, 0.1) is 6.61 Å². The van der Waals surface area contributed by atoms with E-state index in [2.05, 4.69) is 23.1 Å². The maximum absolute atomic E-state index is 8.97. The van der Waals surface area contributed by atoms with Gasteiger partial charge in [-0.2, -0.15) is 0 Å². The van der Waals surface area contributed by atoms with Crippen LogP contribution in [0.4, 0.5) is 5.69 Å². The lowest BCUT2D eigenvalue weighted by molar-refractivity contribution is 0.267. The van der Waals surface area contributed by atoms with Gasteiger partial charge < -0.3 is 15.7 Å². The van der Waals surface area contributed by atoms with E-state index in [1.165, 1.54) is 42.5 Å². The van der Waals surface area contributed by atoms with Crippen LogP contribution in [0.2, 0.25) is 0 Å². The highest BCUT2D eigenvalue weighted by molar-refractivity contribution is 5.51. The van der Waals surface area contributed by atoms with Gasteiger partial charge in [0.25, 0.3) is 0 Å². The first-order chi connectivity index (χ1) is 8.20. The number of likely N-dealkylation sites (N-methyl/N-ethyl adjacent to an activating group) is 1. The second-order valence-corrected chi connectivity index (χ2v) is 4.98. The molecule has 1 atom stereocenters. The minimum Gasteiger partial charge on any atom is -0.395 e. The first kappa shape index (κ1) is 12.4. The summed E-state index contributed by atoms with van der Waals surface area (Å²) in [6, 6.07) is 6.51. The van der Waals surface area contributed by atoms with E-state index in [-0.39, 0.29) is 12.6 Å². The molecule has 0 saturated carbocycles. The summed E-state index contributed by atoms with van der Waals surface area (Å²) in [5, 5.41) is 8.97. The normalized spacial score (nSPS) is 16.4. The van der Waals surface area contributed by atoms with Crippen molar-refractivity contribution < 1.29 is 5.11 Å². The number of aryl methyl sites for hydroxylation is 2. The summed E-state index contributed by atoms with van der Waals surface area (Å²) in [5.41, 5.74) is 9.94. The van der Waals surface area contributed by atoms with E-state index in [1.54, 1.807) is 0 Å². The van der Waals surface area contributed by atoms with Gasteiger partial charge in [-0.15, -0.1) is 0 Å². The number of aliphatic hydroxyl groups excluding tert-OH is 1. The zero-order valence-electron chi connectivity index (χ0n) is 10.5. The third-order valence-corrected chi connectivity index (χ3v) is 3.52. The van der Waals surface area contributed by atoms with Crippen LogP contribution in [0.15, 0.2) is 18.2 Å². The molecule has 0 fully saturated rings. The SMILES string of the molecule is CN(CC(N)CO)c1ccc2c(c1)CCCC2. The molecule has 1 aliphatic rings. The Morgan fingerprint density at radius 2 is 2.00 bits per heavy atom.